The Balaban J connectivity index is 2.66. The molecule has 0 saturated carbocycles. The van der Waals surface area contributed by atoms with Gasteiger partial charge >= 0.3 is 8.56 Å². The minimum atomic E-state index is -2.72. The topological polar surface area (TPSA) is 61.8 Å². The van der Waals surface area contributed by atoms with Gasteiger partial charge in [-0.1, -0.05) is 0 Å². The van der Waals surface area contributed by atoms with Gasteiger partial charge in [0.25, 0.3) is 11.9 Å². The molecule has 1 fully saturated rings. The van der Waals surface area contributed by atoms with Crippen LogP contribution in [0.4, 0.5) is 0 Å². The molecule has 0 aromatic rings. The molecular weight excluding hydrogens is 204 g/mol. The van der Waals surface area contributed by atoms with Gasteiger partial charge in [0.05, 0.1) is 18.8 Å². The lowest BCUT2D eigenvalue weighted by molar-refractivity contribution is -0.140. The van der Waals surface area contributed by atoms with Gasteiger partial charge in [-0.25, -0.2) is 0 Å². The van der Waals surface area contributed by atoms with Gasteiger partial charge in [0.2, 0.25) is 0 Å². The number of hydrogen-bond acceptors (Lipinski definition) is 5. The Hall–Kier alpha value is -0.883. The van der Waals surface area contributed by atoms with Crippen LogP contribution in [0.15, 0.2) is 0 Å². The fourth-order valence-electron chi connectivity index (χ4n) is 1.30. The summed E-state index contributed by atoms with van der Waals surface area (Å²) < 4.78 is 15.3. The Morgan fingerprint density at radius 2 is 1.64 bits per heavy atom. The van der Waals surface area contributed by atoms with Crippen LogP contribution in [-0.4, -0.2) is 33.7 Å². The van der Waals surface area contributed by atoms with Gasteiger partial charge in [0.15, 0.2) is 0 Å². The average Bonchev–Trinajstić information content (AvgIpc) is 1.74. The number of carbonyl (C=O) groups is 2. The fraction of sp³-hybridized carbons (Fsp3) is 0.750. The molecule has 0 spiro atoms. The molecule has 1 rings (SSSR count). The molecule has 5 nitrogen and oxygen atoms in total. The fourth-order valence-corrected chi connectivity index (χ4v) is 3.65. The Labute approximate surface area is 83.6 Å². The highest BCUT2D eigenvalue weighted by atomic mass is 28.4. The zero-order valence-corrected chi connectivity index (χ0v) is 9.53. The quantitative estimate of drug-likeness (QED) is 0.649. The minimum absolute atomic E-state index is 0.0651. The van der Waals surface area contributed by atoms with Gasteiger partial charge in [-0.05, 0) is 0 Å². The second kappa shape index (κ2) is 4.10. The molecule has 0 amide bonds. The van der Waals surface area contributed by atoms with Crippen molar-refractivity contribution in [2.75, 3.05) is 13.2 Å². The average molecular weight is 218 g/mol. The predicted molar refractivity (Wildman–Crippen MR) is 49.7 cm³/mol. The summed E-state index contributed by atoms with van der Waals surface area (Å²) in [5, 5.41) is 0. The van der Waals surface area contributed by atoms with E-state index >= 15 is 0 Å². The zero-order valence-electron chi connectivity index (χ0n) is 8.53. The standard InChI is InChI=1S/C8H14O5Si/c1-6(9)12-14(3,13-7(2)10)8-4-11-5-8/h8H,4-5H2,1-3H3. The third-order valence-electron chi connectivity index (χ3n) is 2.07. The van der Waals surface area contributed by atoms with E-state index in [0.717, 1.165) is 0 Å². The number of rotatable bonds is 3. The summed E-state index contributed by atoms with van der Waals surface area (Å²) in [5.41, 5.74) is 0.0651. The zero-order chi connectivity index (χ0) is 10.8. The lowest BCUT2D eigenvalue weighted by Gasteiger charge is -2.37. The van der Waals surface area contributed by atoms with Crippen molar-refractivity contribution in [3.63, 3.8) is 0 Å². The SMILES string of the molecule is CC(=O)O[Si](C)(OC(C)=O)C1COC1. The summed E-state index contributed by atoms with van der Waals surface area (Å²) >= 11 is 0. The molecule has 14 heavy (non-hydrogen) atoms. The Morgan fingerprint density at radius 1 is 1.21 bits per heavy atom. The molecule has 1 aliphatic heterocycles. The molecule has 0 aliphatic carbocycles. The van der Waals surface area contributed by atoms with Crippen LogP contribution in [0.1, 0.15) is 13.8 Å². The summed E-state index contributed by atoms with van der Waals surface area (Å²) in [6.45, 7) is 5.35. The monoisotopic (exact) mass is 218 g/mol. The predicted octanol–water partition coefficient (Wildman–Crippen LogP) is 0.585. The lowest BCUT2D eigenvalue weighted by atomic mass is 10.4. The highest BCUT2D eigenvalue weighted by Crippen LogP contribution is 2.31. The lowest BCUT2D eigenvalue weighted by Crippen LogP contribution is -2.53. The number of ether oxygens (including phenoxy) is 1. The third-order valence-corrected chi connectivity index (χ3v) is 5.27. The van der Waals surface area contributed by atoms with Crippen molar-refractivity contribution in [2.45, 2.75) is 25.9 Å². The van der Waals surface area contributed by atoms with Gasteiger partial charge in [0.1, 0.15) is 0 Å². The highest BCUT2D eigenvalue weighted by molar-refractivity contribution is 6.70. The summed E-state index contributed by atoms with van der Waals surface area (Å²) in [6.07, 6.45) is 0. The van der Waals surface area contributed by atoms with E-state index in [-0.39, 0.29) is 5.54 Å². The minimum Gasteiger partial charge on any atom is -0.485 e. The van der Waals surface area contributed by atoms with E-state index in [4.69, 9.17) is 13.6 Å². The Morgan fingerprint density at radius 3 is 1.86 bits per heavy atom. The maximum atomic E-state index is 10.9. The van der Waals surface area contributed by atoms with Gasteiger partial charge in [-0.15, -0.1) is 0 Å². The van der Waals surface area contributed by atoms with E-state index < -0.39 is 20.5 Å². The summed E-state index contributed by atoms with van der Waals surface area (Å²) in [4.78, 5) is 21.7. The second-order valence-corrected chi connectivity index (χ2v) is 6.69. The van der Waals surface area contributed by atoms with Gasteiger partial charge in [-0.2, -0.15) is 0 Å². The van der Waals surface area contributed by atoms with E-state index in [1.807, 2.05) is 0 Å². The highest BCUT2D eigenvalue weighted by Gasteiger charge is 2.50. The molecule has 0 aromatic heterocycles. The van der Waals surface area contributed by atoms with Gasteiger partial charge in [0, 0.05) is 20.4 Å². The Kier molecular flexibility index (Phi) is 3.28. The molecule has 0 radical (unpaired) electrons. The first-order valence-electron chi connectivity index (χ1n) is 4.41. The van der Waals surface area contributed by atoms with Crippen molar-refractivity contribution in [3.8, 4) is 0 Å². The first-order chi connectivity index (χ1) is 6.44. The summed E-state index contributed by atoms with van der Waals surface area (Å²) in [5.74, 6) is -0.820. The molecule has 0 aromatic carbocycles. The molecule has 1 saturated heterocycles. The van der Waals surface area contributed by atoms with Crippen LogP contribution in [0.5, 0.6) is 0 Å². The van der Waals surface area contributed by atoms with Crippen molar-refractivity contribution in [3.05, 3.63) is 0 Å². The first kappa shape index (κ1) is 11.2. The normalized spacial score (nSPS) is 17.1. The Bertz CT molecular complexity index is 232. The van der Waals surface area contributed by atoms with Crippen molar-refractivity contribution >= 4 is 20.5 Å². The second-order valence-electron chi connectivity index (χ2n) is 3.44. The van der Waals surface area contributed by atoms with Crippen molar-refractivity contribution in [1.82, 2.24) is 0 Å². The van der Waals surface area contributed by atoms with Crippen molar-refractivity contribution < 1.29 is 23.2 Å². The third kappa shape index (κ3) is 2.55. The molecule has 0 atom stereocenters. The van der Waals surface area contributed by atoms with Crippen LogP contribution in [0.25, 0.3) is 0 Å². The number of hydrogen-bond donors (Lipinski definition) is 0. The maximum Gasteiger partial charge on any atom is 0.468 e. The molecule has 0 bridgehead atoms. The van der Waals surface area contributed by atoms with E-state index in [2.05, 4.69) is 0 Å². The smallest absolute Gasteiger partial charge is 0.468 e. The maximum absolute atomic E-state index is 10.9. The molecule has 1 heterocycles. The van der Waals surface area contributed by atoms with Crippen LogP contribution in [0, 0.1) is 0 Å². The first-order valence-corrected chi connectivity index (χ1v) is 6.80. The van der Waals surface area contributed by atoms with Crippen molar-refractivity contribution in [1.29, 1.82) is 0 Å². The van der Waals surface area contributed by atoms with Crippen molar-refractivity contribution in [2.24, 2.45) is 0 Å². The summed E-state index contributed by atoms with van der Waals surface area (Å²) in [7, 11) is -2.72. The van der Waals surface area contributed by atoms with E-state index in [1.165, 1.54) is 13.8 Å². The summed E-state index contributed by atoms with van der Waals surface area (Å²) in [6, 6.07) is 0. The van der Waals surface area contributed by atoms with E-state index in [0.29, 0.717) is 13.2 Å². The van der Waals surface area contributed by atoms with Crippen LogP contribution in [-0.2, 0) is 23.2 Å². The van der Waals surface area contributed by atoms with Gasteiger partial charge in [-0.3, -0.25) is 9.59 Å². The molecular formula is C8H14O5Si. The molecule has 80 valence electrons. The van der Waals surface area contributed by atoms with Crippen LogP contribution < -0.4 is 0 Å². The van der Waals surface area contributed by atoms with E-state index in [9.17, 15) is 9.59 Å². The molecule has 6 heteroatoms. The van der Waals surface area contributed by atoms with Crippen LogP contribution in [0.3, 0.4) is 0 Å². The molecule has 1 aliphatic rings. The van der Waals surface area contributed by atoms with Crippen LogP contribution >= 0.6 is 0 Å². The number of carbonyl (C=O) groups excluding carboxylic acids is 2. The molecule has 0 unspecified atom stereocenters. The molecule has 0 N–H and O–H groups in total. The van der Waals surface area contributed by atoms with Gasteiger partial charge < -0.3 is 13.6 Å². The van der Waals surface area contributed by atoms with Crippen LogP contribution in [0.2, 0.25) is 12.1 Å². The van der Waals surface area contributed by atoms with E-state index in [1.54, 1.807) is 6.55 Å². The largest absolute Gasteiger partial charge is 0.485 e.